The van der Waals surface area contributed by atoms with Gasteiger partial charge in [0.1, 0.15) is 6.61 Å². The van der Waals surface area contributed by atoms with E-state index in [0.29, 0.717) is 24.3 Å². The Morgan fingerprint density at radius 2 is 1.91 bits per heavy atom. The average Bonchev–Trinajstić information content (AvgIpc) is 2.94. The molecule has 0 saturated heterocycles. The van der Waals surface area contributed by atoms with Gasteiger partial charge in [0.05, 0.1) is 0 Å². The molecule has 1 rings (SSSR count). The summed E-state index contributed by atoms with van der Waals surface area (Å²) in [6, 6.07) is 0. The van der Waals surface area contributed by atoms with Crippen LogP contribution in [0, 0.1) is 5.41 Å². The number of nitrogens with one attached hydrogen (secondary N) is 2. The van der Waals surface area contributed by atoms with E-state index in [1.165, 1.54) is 25.7 Å². The number of guanidine groups is 1. The smallest absolute Gasteiger partial charge is 0.372 e. The summed E-state index contributed by atoms with van der Waals surface area (Å²) >= 11 is 0. The number of hydrogen-bond donors (Lipinski definition) is 2. The number of rotatable bonds is 8. The van der Waals surface area contributed by atoms with Crippen LogP contribution in [0.5, 0.6) is 0 Å². The predicted octanol–water partition coefficient (Wildman–Crippen LogP) is 3.09. The van der Waals surface area contributed by atoms with Crippen LogP contribution in [0.15, 0.2) is 4.99 Å². The topological polar surface area (TPSA) is 45.7 Å². The van der Waals surface area contributed by atoms with Gasteiger partial charge >= 0.3 is 6.18 Å². The Balaban J connectivity index is 2.15. The van der Waals surface area contributed by atoms with Gasteiger partial charge in [0.15, 0.2) is 5.96 Å². The third-order valence-corrected chi connectivity index (χ3v) is 4.29. The largest absolute Gasteiger partial charge is 0.411 e. The molecule has 130 valence electrons. The molecular formula is C15H28F3N3O. The van der Waals surface area contributed by atoms with Crippen molar-refractivity contribution >= 4 is 5.96 Å². The number of alkyl halides is 3. The van der Waals surface area contributed by atoms with E-state index in [9.17, 15) is 13.2 Å². The molecule has 0 spiro atoms. The normalized spacial score (nSPS) is 18.5. The van der Waals surface area contributed by atoms with Gasteiger partial charge in [0, 0.05) is 26.7 Å². The van der Waals surface area contributed by atoms with Gasteiger partial charge in [-0.25, -0.2) is 0 Å². The molecule has 0 amide bonds. The summed E-state index contributed by atoms with van der Waals surface area (Å²) in [4.78, 5) is 4.15. The van der Waals surface area contributed by atoms with Crippen LogP contribution in [0.25, 0.3) is 0 Å². The third-order valence-electron chi connectivity index (χ3n) is 4.29. The van der Waals surface area contributed by atoms with Crippen LogP contribution < -0.4 is 10.6 Å². The summed E-state index contributed by atoms with van der Waals surface area (Å²) in [6.07, 6.45) is 2.49. The molecule has 0 atom stereocenters. The van der Waals surface area contributed by atoms with Crippen molar-refractivity contribution in [2.75, 3.05) is 33.4 Å². The molecule has 4 nitrogen and oxygen atoms in total. The van der Waals surface area contributed by atoms with Gasteiger partial charge in [0.2, 0.25) is 0 Å². The average molecular weight is 323 g/mol. The number of nitrogens with zero attached hydrogens (tertiary/aromatic N) is 1. The number of aliphatic imine (C=N–C) groups is 1. The molecule has 0 bridgehead atoms. The molecule has 0 unspecified atom stereocenters. The first-order valence-electron chi connectivity index (χ1n) is 8.00. The second-order valence-corrected chi connectivity index (χ2v) is 5.93. The Labute approximate surface area is 130 Å². The van der Waals surface area contributed by atoms with Crippen molar-refractivity contribution in [1.29, 1.82) is 0 Å². The summed E-state index contributed by atoms with van der Waals surface area (Å²) in [6.45, 7) is 2.56. The molecular weight excluding hydrogens is 295 g/mol. The lowest BCUT2D eigenvalue weighted by Crippen LogP contribution is -2.43. The molecule has 1 aliphatic carbocycles. The van der Waals surface area contributed by atoms with Gasteiger partial charge in [-0.3, -0.25) is 4.99 Å². The molecule has 22 heavy (non-hydrogen) atoms. The van der Waals surface area contributed by atoms with Crippen LogP contribution in [-0.4, -0.2) is 45.5 Å². The van der Waals surface area contributed by atoms with Crippen molar-refractivity contribution in [1.82, 2.24) is 10.6 Å². The Morgan fingerprint density at radius 3 is 2.45 bits per heavy atom. The Hall–Kier alpha value is -0.980. The third kappa shape index (κ3) is 7.33. The van der Waals surface area contributed by atoms with E-state index in [1.807, 2.05) is 0 Å². The first-order chi connectivity index (χ1) is 10.4. The second kappa shape index (κ2) is 9.22. The zero-order valence-electron chi connectivity index (χ0n) is 13.6. The highest BCUT2D eigenvalue weighted by Gasteiger charge is 2.31. The van der Waals surface area contributed by atoms with Crippen molar-refractivity contribution in [3.63, 3.8) is 0 Å². The Bertz CT molecular complexity index is 339. The first-order valence-corrected chi connectivity index (χ1v) is 8.00. The van der Waals surface area contributed by atoms with Gasteiger partial charge in [-0.2, -0.15) is 13.2 Å². The molecule has 0 radical (unpaired) electrons. The summed E-state index contributed by atoms with van der Waals surface area (Å²) in [5.74, 6) is 0.704. The minimum Gasteiger partial charge on any atom is -0.372 e. The van der Waals surface area contributed by atoms with Crippen molar-refractivity contribution in [3.8, 4) is 0 Å². The van der Waals surface area contributed by atoms with Crippen LogP contribution in [0.4, 0.5) is 13.2 Å². The summed E-state index contributed by atoms with van der Waals surface area (Å²) in [7, 11) is 1.70. The van der Waals surface area contributed by atoms with Gasteiger partial charge in [-0.15, -0.1) is 0 Å². The number of halogens is 3. The molecule has 0 aliphatic heterocycles. The summed E-state index contributed by atoms with van der Waals surface area (Å²) < 4.78 is 40.3. The zero-order chi connectivity index (χ0) is 16.5. The Kier molecular flexibility index (Phi) is 8.00. The minimum absolute atomic E-state index is 0.0857. The molecule has 0 aromatic rings. The Morgan fingerprint density at radius 1 is 1.23 bits per heavy atom. The lowest BCUT2D eigenvalue weighted by atomic mass is 9.83. The molecule has 0 heterocycles. The molecule has 2 N–H and O–H groups in total. The maximum Gasteiger partial charge on any atom is 0.411 e. The van der Waals surface area contributed by atoms with E-state index >= 15 is 0 Å². The fraction of sp³-hybridized carbons (Fsp3) is 0.933. The van der Waals surface area contributed by atoms with Crippen LogP contribution in [0.3, 0.4) is 0 Å². The zero-order valence-corrected chi connectivity index (χ0v) is 13.6. The minimum atomic E-state index is -4.25. The van der Waals surface area contributed by atoms with Crippen molar-refractivity contribution in [2.45, 2.75) is 51.6 Å². The molecule has 7 heteroatoms. The molecule has 1 fully saturated rings. The lowest BCUT2D eigenvalue weighted by Gasteiger charge is -2.28. The van der Waals surface area contributed by atoms with Gasteiger partial charge in [-0.1, -0.05) is 19.8 Å². The van der Waals surface area contributed by atoms with Crippen molar-refractivity contribution in [3.05, 3.63) is 0 Å². The van der Waals surface area contributed by atoms with Gasteiger partial charge < -0.3 is 15.4 Å². The fourth-order valence-electron chi connectivity index (χ4n) is 2.84. The highest BCUT2D eigenvalue weighted by atomic mass is 19.4. The van der Waals surface area contributed by atoms with E-state index < -0.39 is 12.8 Å². The maximum atomic E-state index is 11.9. The molecule has 1 aliphatic rings. The molecule has 1 saturated carbocycles. The maximum absolute atomic E-state index is 11.9. The first kappa shape index (κ1) is 19.1. The van der Waals surface area contributed by atoms with E-state index in [2.05, 4.69) is 27.3 Å². The van der Waals surface area contributed by atoms with Crippen LogP contribution >= 0.6 is 0 Å². The highest BCUT2D eigenvalue weighted by molar-refractivity contribution is 5.79. The highest BCUT2D eigenvalue weighted by Crippen LogP contribution is 2.40. The SMILES string of the molecule is CCC1(CNC(=NC)NCCCOCC(F)(F)F)CCCC1. The van der Waals surface area contributed by atoms with Crippen LogP contribution in [0.1, 0.15) is 45.4 Å². The van der Waals surface area contributed by atoms with E-state index in [1.54, 1.807) is 7.05 Å². The van der Waals surface area contributed by atoms with Crippen LogP contribution in [0.2, 0.25) is 0 Å². The summed E-state index contributed by atoms with van der Waals surface area (Å²) in [5.41, 5.74) is 0.368. The second-order valence-electron chi connectivity index (χ2n) is 5.93. The quantitative estimate of drug-likeness (QED) is 0.410. The van der Waals surface area contributed by atoms with Crippen LogP contribution in [-0.2, 0) is 4.74 Å². The van der Waals surface area contributed by atoms with Crippen molar-refractivity contribution < 1.29 is 17.9 Å². The summed E-state index contributed by atoms with van der Waals surface area (Å²) in [5, 5.41) is 6.45. The van der Waals surface area contributed by atoms with E-state index in [4.69, 9.17) is 0 Å². The number of ether oxygens (including phenoxy) is 1. The monoisotopic (exact) mass is 323 g/mol. The molecule has 0 aromatic carbocycles. The van der Waals surface area contributed by atoms with Gasteiger partial charge in [-0.05, 0) is 31.1 Å². The van der Waals surface area contributed by atoms with E-state index in [0.717, 1.165) is 13.0 Å². The predicted molar refractivity (Wildman–Crippen MR) is 82.0 cm³/mol. The number of hydrogen-bond acceptors (Lipinski definition) is 2. The standard InChI is InChI=1S/C15H28F3N3O/c1-3-14(7-4-5-8-14)11-21-13(19-2)20-9-6-10-22-12-15(16,17)18/h3-12H2,1-2H3,(H2,19,20,21). The lowest BCUT2D eigenvalue weighted by molar-refractivity contribution is -0.173. The fourth-order valence-corrected chi connectivity index (χ4v) is 2.84. The molecule has 0 aromatic heterocycles. The van der Waals surface area contributed by atoms with Crippen molar-refractivity contribution in [2.24, 2.45) is 10.4 Å². The van der Waals surface area contributed by atoms with Gasteiger partial charge in [0.25, 0.3) is 0 Å². The van der Waals surface area contributed by atoms with E-state index in [-0.39, 0.29) is 6.61 Å².